The topological polar surface area (TPSA) is 91.0 Å². The first-order valence-corrected chi connectivity index (χ1v) is 12.5. The highest BCUT2D eigenvalue weighted by atomic mass is 16.6. The van der Waals surface area contributed by atoms with Crippen LogP contribution in [0, 0.1) is 0 Å². The summed E-state index contributed by atoms with van der Waals surface area (Å²) in [6, 6.07) is 15.9. The normalized spacial score (nSPS) is 20.0. The molecule has 2 aromatic carbocycles. The molecule has 2 atom stereocenters. The summed E-state index contributed by atoms with van der Waals surface area (Å²) in [5, 5.41) is 5.91. The van der Waals surface area contributed by atoms with Crippen molar-refractivity contribution in [1.82, 2.24) is 15.1 Å². The Labute approximate surface area is 206 Å². The van der Waals surface area contributed by atoms with Gasteiger partial charge in [0.2, 0.25) is 11.8 Å². The van der Waals surface area contributed by atoms with Crippen LogP contribution in [0.25, 0.3) is 0 Å². The number of nitrogens with one attached hydrogen (secondary N) is 2. The molecule has 4 rings (SSSR count). The number of rotatable bonds is 10. The molecule has 0 aliphatic carbocycles. The van der Waals surface area contributed by atoms with Crippen molar-refractivity contribution in [2.24, 2.45) is 0 Å². The number of benzene rings is 2. The summed E-state index contributed by atoms with van der Waals surface area (Å²) in [6.07, 6.45) is 2.25. The zero-order valence-corrected chi connectivity index (χ0v) is 20.2. The fourth-order valence-electron chi connectivity index (χ4n) is 4.68. The molecule has 8 nitrogen and oxygen atoms in total. The number of ether oxygens (including phenoxy) is 1. The van der Waals surface area contributed by atoms with E-state index >= 15 is 0 Å². The highest BCUT2D eigenvalue weighted by molar-refractivity contribution is 5.91. The lowest BCUT2D eigenvalue weighted by Crippen LogP contribution is -2.47. The first-order valence-electron chi connectivity index (χ1n) is 12.5. The molecule has 0 aromatic heterocycles. The Balaban J connectivity index is 1.53. The van der Waals surface area contributed by atoms with E-state index in [4.69, 9.17) is 4.74 Å². The third-order valence-electron chi connectivity index (χ3n) is 6.45. The zero-order chi connectivity index (χ0) is 24.6. The molecular formula is C27H34N4O4. The summed E-state index contributed by atoms with van der Waals surface area (Å²) in [5.74, 6) is -0.314. The molecule has 0 bridgehead atoms. The van der Waals surface area contributed by atoms with Gasteiger partial charge in [0.25, 0.3) is 0 Å². The van der Waals surface area contributed by atoms with Crippen molar-refractivity contribution in [3.63, 3.8) is 0 Å². The molecule has 2 aromatic rings. The number of cyclic esters (lactones) is 1. The number of likely N-dealkylation sites (tertiary alicyclic amines) is 1. The number of amides is 3. The van der Waals surface area contributed by atoms with Crippen LogP contribution >= 0.6 is 0 Å². The van der Waals surface area contributed by atoms with Crippen LogP contribution in [0.3, 0.4) is 0 Å². The van der Waals surface area contributed by atoms with Crippen LogP contribution < -0.4 is 10.6 Å². The molecule has 2 heterocycles. The van der Waals surface area contributed by atoms with Gasteiger partial charge in [0, 0.05) is 25.2 Å². The van der Waals surface area contributed by atoms with E-state index in [1.165, 1.54) is 17.7 Å². The Bertz CT molecular complexity index is 1020. The second-order valence-electron chi connectivity index (χ2n) is 9.13. The van der Waals surface area contributed by atoms with Gasteiger partial charge in [-0.25, -0.2) is 4.79 Å². The van der Waals surface area contributed by atoms with Crippen LogP contribution in [0.15, 0.2) is 54.6 Å². The number of carbonyl (C=O) groups excluding carboxylic acids is 3. The monoisotopic (exact) mass is 478 g/mol. The molecule has 8 heteroatoms. The van der Waals surface area contributed by atoms with Crippen LogP contribution in [0.2, 0.25) is 0 Å². The molecule has 0 saturated carbocycles. The van der Waals surface area contributed by atoms with Gasteiger partial charge in [0.05, 0.1) is 6.54 Å². The summed E-state index contributed by atoms with van der Waals surface area (Å²) in [7, 11) is 0. The molecule has 3 amide bonds. The van der Waals surface area contributed by atoms with E-state index < -0.39 is 18.2 Å². The first-order chi connectivity index (χ1) is 17.0. The number of nitrogens with zero attached hydrogens (tertiary/aromatic N) is 2. The predicted molar refractivity (Wildman–Crippen MR) is 134 cm³/mol. The van der Waals surface area contributed by atoms with Gasteiger partial charge in [-0.3, -0.25) is 14.5 Å². The second-order valence-corrected chi connectivity index (χ2v) is 9.13. The lowest BCUT2D eigenvalue weighted by molar-refractivity contribution is -0.126. The molecule has 2 unspecified atom stereocenters. The highest BCUT2D eigenvalue weighted by Gasteiger charge is 2.47. The SMILES string of the molecule is CCCC(=O)Nc1cccc(C2OC(=O)N(Cc3ccccc3)C2C(=O)NCCN2CCCC2)c1. The minimum absolute atomic E-state index is 0.0741. The number of anilines is 1. The molecule has 186 valence electrons. The second kappa shape index (κ2) is 11.8. The molecule has 2 aliphatic rings. The van der Waals surface area contributed by atoms with Crippen LogP contribution in [0.5, 0.6) is 0 Å². The highest BCUT2D eigenvalue weighted by Crippen LogP contribution is 2.35. The quantitative estimate of drug-likeness (QED) is 0.543. The van der Waals surface area contributed by atoms with Crippen molar-refractivity contribution >= 4 is 23.6 Å². The number of carbonyl (C=O) groups is 3. The largest absolute Gasteiger partial charge is 0.438 e. The molecule has 35 heavy (non-hydrogen) atoms. The maximum atomic E-state index is 13.4. The minimum atomic E-state index is -0.817. The maximum absolute atomic E-state index is 13.4. The Morgan fingerprint density at radius 3 is 2.57 bits per heavy atom. The van der Waals surface area contributed by atoms with E-state index in [9.17, 15) is 14.4 Å². The Morgan fingerprint density at radius 1 is 1.06 bits per heavy atom. The molecule has 2 saturated heterocycles. The van der Waals surface area contributed by atoms with Crippen molar-refractivity contribution in [1.29, 1.82) is 0 Å². The number of hydrogen-bond acceptors (Lipinski definition) is 5. The van der Waals surface area contributed by atoms with Gasteiger partial charge >= 0.3 is 6.09 Å². The first kappa shape index (κ1) is 24.7. The summed E-state index contributed by atoms with van der Waals surface area (Å²) >= 11 is 0. The van der Waals surface area contributed by atoms with Crippen molar-refractivity contribution < 1.29 is 19.1 Å². The minimum Gasteiger partial charge on any atom is -0.438 e. The Hall–Kier alpha value is -3.39. The summed E-state index contributed by atoms with van der Waals surface area (Å²) in [4.78, 5) is 42.3. The van der Waals surface area contributed by atoms with E-state index in [0.717, 1.165) is 31.6 Å². The van der Waals surface area contributed by atoms with Crippen molar-refractivity contribution in [3.05, 3.63) is 65.7 Å². The lowest BCUT2D eigenvalue weighted by atomic mass is 10.00. The van der Waals surface area contributed by atoms with Gasteiger partial charge in [-0.15, -0.1) is 0 Å². The van der Waals surface area contributed by atoms with Gasteiger partial charge in [-0.2, -0.15) is 0 Å². The number of hydrogen-bond donors (Lipinski definition) is 2. The molecule has 0 radical (unpaired) electrons. The predicted octanol–water partition coefficient (Wildman–Crippen LogP) is 3.70. The van der Waals surface area contributed by atoms with Gasteiger partial charge in [0.1, 0.15) is 0 Å². The smallest absolute Gasteiger partial charge is 0.411 e. The van der Waals surface area contributed by atoms with Gasteiger partial charge in [-0.05, 0) is 55.6 Å². The fraction of sp³-hybridized carbons (Fsp3) is 0.444. The molecule has 0 spiro atoms. The summed E-state index contributed by atoms with van der Waals surface area (Å²) < 4.78 is 5.76. The fourth-order valence-corrected chi connectivity index (χ4v) is 4.68. The average molecular weight is 479 g/mol. The Morgan fingerprint density at radius 2 is 1.83 bits per heavy atom. The molecule has 2 fully saturated rings. The molecule has 2 aliphatic heterocycles. The summed E-state index contributed by atoms with van der Waals surface area (Å²) in [6.45, 7) is 5.63. The third kappa shape index (κ3) is 6.39. The van der Waals surface area contributed by atoms with Crippen LogP contribution in [-0.4, -0.2) is 59.9 Å². The third-order valence-corrected chi connectivity index (χ3v) is 6.45. The van der Waals surface area contributed by atoms with E-state index in [-0.39, 0.29) is 18.4 Å². The lowest BCUT2D eigenvalue weighted by Gasteiger charge is -2.25. The van der Waals surface area contributed by atoms with Gasteiger partial charge in [-0.1, -0.05) is 49.4 Å². The van der Waals surface area contributed by atoms with Gasteiger partial charge < -0.3 is 20.3 Å². The molecular weight excluding hydrogens is 444 g/mol. The van der Waals surface area contributed by atoms with E-state index in [2.05, 4.69) is 15.5 Å². The van der Waals surface area contributed by atoms with Crippen molar-refractivity contribution in [2.75, 3.05) is 31.5 Å². The van der Waals surface area contributed by atoms with Crippen LogP contribution in [0.4, 0.5) is 10.5 Å². The van der Waals surface area contributed by atoms with Crippen LogP contribution in [-0.2, 0) is 20.9 Å². The zero-order valence-electron chi connectivity index (χ0n) is 20.2. The Kier molecular flexibility index (Phi) is 8.36. The van der Waals surface area contributed by atoms with Crippen molar-refractivity contribution in [2.45, 2.75) is 51.3 Å². The van der Waals surface area contributed by atoms with Crippen molar-refractivity contribution in [3.8, 4) is 0 Å². The van der Waals surface area contributed by atoms with Gasteiger partial charge in [0.15, 0.2) is 12.1 Å². The van der Waals surface area contributed by atoms with E-state index in [0.29, 0.717) is 24.2 Å². The maximum Gasteiger partial charge on any atom is 0.411 e. The van der Waals surface area contributed by atoms with Crippen LogP contribution in [0.1, 0.15) is 49.8 Å². The van der Waals surface area contributed by atoms with E-state index in [1.807, 2.05) is 43.3 Å². The molecule has 2 N–H and O–H groups in total. The average Bonchev–Trinajstić information content (AvgIpc) is 3.48. The van der Waals surface area contributed by atoms with E-state index in [1.54, 1.807) is 18.2 Å². The standard InChI is InChI=1S/C27H34N4O4/c1-2-9-23(32)29-22-13-8-12-21(18-22)25-24(26(33)28-14-17-30-15-6-7-16-30)31(27(34)35-25)19-20-10-4-3-5-11-20/h3-5,8,10-13,18,24-25H,2,6-7,9,14-17,19H2,1H3,(H,28,33)(H,29,32). The summed E-state index contributed by atoms with van der Waals surface area (Å²) in [5.41, 5.74) is 2.20.